The number of carbonyl (C=O) groups excluding carboxylic acids is 1. The molecule has 0 aliphatic carbocycles. The molecule has 2 fully saturated rings. The van der Waals surface area contributed by atoms with Gasteiger partial charge in [-0.3, -0.25) is 14.9 Å². The quantitative estimate of drug-likeness (QED) is 0.490. The average molecular weight is 473 g/mol. The molecule has 0 unspecified atom stereocenters. The van der Waals surface area contributed by atoms with Crippen molar-refractivity contribution in [3.05, 3.63) is 63.2 Å². The Morgan fingerprint density at radius 3 is 2.24 bits per heavy atom. The van der Waals surface area contributed by atoms with Crippen LogP contribution in [0.3, 0.4) is 0 Å². The molecule has 0 bridgehead atoms. The summed E-state index contributed by atoms with van der Waals surface area (Å²) >= 11 is 0. The summed E-state index contributed by atoms with van der Waals surface area (Å²) in [5.74, 6) is -0.324. The molecule has 0 saturated carbocycles. The van der Waals surface area contributed by atoms with Gasteiger partial charge in [0.2, 0.25) is 10.0 Å². The van der Waals surface area contributed by atoms with E-state index in [1.165, 1.54) is 10.4 Å². The van der Waals surface area contributed by atoms with Crippen LogP contribution in [0.2, 0.25) is 0 Å². The van der Waals surface area contributed by atoms with Gasteiger partial charge < -0.3 is 9.80 Å². The van der Waals surface area contributed by atoms with Crippen molar-refractivity contribution in [2.24, 2.45) is 0 Å². The van der Waals surface area contributed by atoms with Crippen molar-refractivity contribution in [3.8, 4) is 0 Å². The van der Waals surface area contributed by atoms with Crippen LogP contribution < -0.4 is 4.90 Å². The molecular formula is C23H28N4O5S. The summed E-state index contributed by atoms with van der Waals surface area (Å²) in [6.45, 7) is 5.96. The zero-order valence-electron chi connectivity index (χ0n) is 18.9. The van der Waals surface area contributed by atoms with Crippen LogP contribution in [0.15, 0.2) is 41.3 Å². The second-order valence-electron chi connectivity index (χ2n) is 8.62. The Balaban J connectivity index is 1.49. The lowest BCUT2D eigenvalue weighted by atomic mass is 10.1. The zero-order chi connectivity index (χ0) is 23.8. The Kier molecular flexibility index (Phi) is 6.40. The van der Waals surface area contributed by atoms with Crippen LogP contribution >= 0.6 is 0 Å². The Labute approximate surface area is 193 Å². The summed E-state index contributed by atoms with van der Waals surface area (Å²) in [4.78, 5) is 28.1. The molecule has 10 heteroatoms. The average Bonchev–Trinajstić information content (AvgIpc) is 3.34. The van der Waals surface area contributed by atoms with Crippen LogP contribution in [0, 0.1) is 24.0 Å². The monoisotopic (exact) mass is 472 g/mol. The van der Waals surface area contributed by atoms with E-state index in [9.17, 15) is 23.3 Å². The third-order valence-corrected chi connectivity index (χ3v) is 8.39. The second-order valence-corrected chi connectivity index (χ2v) is 10.5. The molecule has 0 N–H and O–H groups in total. The predicted octanol–water partition coefficient (Wildman–Crippen LogP) is 2.96. The summed E-state index contributed by atoms with van der Waals surface area (Å²) < 4.78 is 27.7. The number of benzene rings is 2. The van der Waals surface area contributed by atoms with Crippen molar-refractivity contribution in [1.29, 1.82) is 0 Å². The van der Waals surface area contributed by atoms with Gasteiger partial charge in [0.25, 0.3) is 11.6 Å². The van der Waals surface area contributed by atoms with Gasteiger partial charge in [0.1, 0.15) is 5.69 Å². The molecule has 4 rings (SSSR count). The number of amides is 1. The van der Waals surface area contributed by atoms with Crippen LogP contribution in [0.5, 0.6) is 0 Å². The first-order chi connectivity index (χ1) is 15.7. The molecule has 0 radical (unpaired) electrons. The van der Waals surface area contributed by atoms with Crippen LogP contribution in [0.25, 0.3) is 0 Å². The van der Waals surface area contributed by atoms with Gasteiger partial charge in [-0.25, -0.2) is 8.42 Å². The molecule has 2 aliphatic rings. The minimum absolute atomic E-state index is 0.0705. The first-order valence-electron chi connectivity index (χ1n) is 11.1. The number of carbonyl (C=O) groups is 1. The Morgan fingerprint density at radius 1 is 0.939 bits per heavy atom. The van der Waals surface area contributed by atoms with E-state index in [0.717, 1.165) is 31.5 Å². The molecule has 2 aromatic rings. The van der Waals surface area contributed by atoms with E-state index in [4.69, 9.17) is 0 Å². The van der Waals surface area contributed by atoms with Crippen molar-refractivity contribution in [3.63, 3.8) is 0 Å². The van der Waals surface area contributed by atoms with E-state index >= 15 is 0 Å². The fraction of sp³-hybridized carbons (Fsp3) is 0.435. The van der Waals surface area contributed by atoms with Crippen molar-refractivity contribution >= 4 is 27.3 Å². The van der Waals surface area contributed by atoms with E-state index in [0.29, 0.717) is 11.3 Å². The number of piperazine rings is 1. The van der Waals surface area contributed by atoms with Gasteiger partial charge in [0, 0.05) is 50.9 Å². The normalized spacial score (nSPS) is 17.4. The highest BCUT2D eigenvalue weighted by atomic mass is 32.2. The SMILES string of the molecule is Cc1ccc(C)c(S(=O)(=O)N2CCN(C(=O)c3ccc(N4CCCC4)c([N+](=O)[O-])c3)CC2)c1. The maximum absolute atomic E-state index is 13.1. The van der Waals surface area contributed by atoms with Crippen molar-refractivity contribution in [2.75, 3.05) is 44.2 Å². The highest BCUT2D eigenvalue weighted by Crippen LogP contribution is 2.32. The van der Waals surface area contributed by atoms with Gasteiger partial charge >= 0.3 is 0 Å². The minimum Gasteiger partial charge on any atom is -0.366 e. The molecule has 176 valence electrons. The van der Waals surface area contributed by atoms with Crippen LogP contribution in [-0.4, -0.2) is 67.7 Å². The molecule has 1 amide bonds. The Hall–Kier alpha value is -2.98. The van der Waals surface area contributed by atoms with Crippen LogP contribution in [0.1, 0.15) is 34.3 Å². The Morgan fingerprint density at radius 2 is 1.61 bits per heavy atom. The predicted molar refractivity (Wildman–Crippen MR) is 125 cm³/mol. The van der Waals surface area contributed by atoms with Gasteiger partial charge in [0.15, 0.2) is 0 Å². The van der Waals surface area contributed by atoms with Gasteiger partial charge in [-0.1, -0.05) is 12.1 Å². The first-order valence-corrected chi connectivity index (χ1v) is 12.5. The van der Waals surface area contributed by atoms with E-state index in [-0.39, 0.29) is 48.2 Å². The number of hydrogen-bond donors (Lipinski definition) is 0. The third kappa shape index (κ3) is 4.58. The lowest BCUT2D eigenvalue weighted by molar-refractivity contribution is -0.384. The third-order valence-electron chi connectivity index (χ3n) is 6.35. The van der Waals surface area contributed by atoms with Crippen molar-refractivity contribution in [2.45, 2.75) is 31.6 Å². The number of nitro benzene ring substituents is 1. The molecule has 2 saturated heterocycles. The Bertz CT molecular complexity index is 1180. The molecule has 2 aliphatic heterocycles. The fourth-order valence-corrected chi connectivity index (χ4v) is 6.20. The lowest BCUT2D eigenvalue weighted by Gasteiger charge is -2.34. The summed E-state index contributed by atoms with van der Waals surface area (Å²) in [6, 6.07) is 9.96. The molecule has 2 aromatic carbocycles. The number of nitrogens with zero attached hydrogens (tertiary/aromatic N) is 4. The summed E-state index contributed by atoms with van der Waals surface area (Å²) in [5.41, 5.74) is 2.27. The second kappa shape index (κ2) is 9.11. The van der Waals surface area contributed by atoms with Crippen molar-refractivity contribution < 1.29 is 18.1 Å². The molecule has 0 aromatic heterocycles. The number of rotatable bonds is 5. The molecule has 0 atom stereocenters. The highest BCUT2D eigenvalue weighted by Gasteiger charge is 2.32. The lowest BCUT2D eigenvalue weighted by Crippen LogP contribution is -2.50. The van der Waals surface area contributed by atoms with Crippen molar-refractivity contribution in [1.82, 2.24) is 9.21 Å². The molecule has 33 heavy (non-hydrogen) atoms. The summed E-state index contributed by atoms with van der Waals surface area (Å²) in [7, 11) is -3.66. The van der Waals surface area contributed by atoms with E-state index in [1.54, 1.807) is 36.1 Å². The number of anilines is 1. The molecule has 9 nitrogen and oxygen atoms in total. The zero-order valence-corrected chi connectivity index (χ0v) is 19.7. The van der Waals surface area contributed by atoms with Gasteiger partial charge in [0.05, 0.1) is 9.82 Å². The maximum atomic E-state index is 13.1. The molecule has 0 spiro atoms. The van der Waals surface area contributed by atoms with Gasteiger partial charge in [-0.15, -0.1) is 0 Å². The standard InChI is InChI=1S/C23H28N4O5S/c1-17-5-6-18(2)22(15-17)33(31,32)26-13-11-25(12-14-26)23(28)19-7-8-20(21(16-19)27(29)30)24-9-3-4-10-24/h5-8,15-16H,3-4,9-14H2,1-2H3. The summed E-state index contributed by atoms with van der Waals surface area (Å²) in [5, 5.41) is 11.6. The smallest absolute Gasteiger partial charge is 0.293 e. The highest BCUT2D eigenvalue weighted by molar-refractivity contribution is 7.89. The van der Waals surface area contributed by atoms with Crippen LogP contribution in [0.4, 0.5) is 11.4 Å². The van der Waals surface area contributed by atoms with Gasteiger partial charge in [-0.05, 0) is 56.0 Å². The number of hydrogen-bond acceptors (Lipinski definition) is 6. The molecule has 2 heterocycles. The number of sulfonamides is 1. The fourth-order valence-electron chi connectivity index (χ4n) is 4.47. The number of aryl methyl sites for hydroxylation is 2. The topological polar surface area (TPSA) is 104 Å². The maximum Gasteiger partial charge on any atom is 0.293 e. The largest absolute Gasteiger partial charge is 0.366 e. The first kappa shape index (κ1) is 23.2. The van der Waals surface area contributed by atoms with E-state index in [1.807, 2.05) is 17.9 Å². The van der Waals surface area contributed by atoms with Crippen LogP contribution in [-0.2, 0) is 10.0 Å². The number of nitro groups is 1. The minimum atomic E-state index is -3.66. The summed E-state index contributed by atoms with van der Waals surface area (Å²) in [6.07, 6.45) is 1.99. The van der Waals surface area contributed by atoms with Gasteiger partial charge in [-0.2, -0.15) is 4.31 Å². The molecular weight excluding hydrogens is 444 g/mol. The van der Waals surface area contributed by atoms with E-state index in [2.05, 4.69) is 0 Å². The van der Waals surface area contributed by atoms with E-state index < -0.39 is 14.9 Å².